The fourth-order valence-electron chi connectivity index (χ4n) is 2.42. The quantitative estimate of drug-likeness (QED) is 0.859. The van der Waals surface area contributed by atoms with Gasteiger partial charge in [0.1, 0.15) is 5.82 Å². The summed E-state index contributed by atoms with van der Waals surface area (Å²) in [7, 11) is 1.28. The van der Waals surface area contributed by atoms with E-state index in [-0.39, 0.29) is 23.3 Å². The highest BCUT2D eigenvalue weighted by atomic mass is 16.5. The topological polar surface area (TPSA) is 85.4 Å². The monoisotopic (exact) mass is 300 g/mol. The Kier molecular flexibility index (Phi) is 3.75. The molecule has 22 heavy (non-hydrogen) atoms. The van der Waals surface area contributed by atoms with E-state index in [1.54, 1.807) is 12.1 Å². The Bertz CT molecular complexity index is 689. The lowest BCUT2D eigenvalue weighted by atomic mass is 10.0. The SMILES string of the molecule is COC(=O)c1nc(NC(=O)C2CC2)ccc1C1=CC(=O)CC1. The fourth-order valence-corrected chi connectivity index (χ4v) is 2.42. The van der Waals surface area contributed by atoms with Gasteiger partial charge in [0.15, 0.2) is 11.5 Å². The summed E-state index contributed by atoms with van der Waals surface area (Å²) in [5.74, 6) is -0.245. The molecule has 1 N–H and O–H groups in total. The lowest BCUT2D eigenvalue weighted by Gasteiger charge is -2.10. The number of rotatable bonds is 4. The molecule has 6 heteroatoms. The third-order valence-electron chi connectivity index (χ3n) is 3.80. The number of nitrogens with one attached hydrogen (secondary N) is 1. The number of ether oxygens (including phenoxy) is 1. The van der Waals surface area contributed by atoms with Crippen molar-refractivity contribution in [3.8, 4) is 0 Å². The molecule has 0 aromatic carbocycles. The Morgan fingerprint density at radius 1 is 1.27 bits per heavy atom. The van der Waals surface area contributed by atoms with Crippen LogP contribution in [0.1, 0.15) is 41.7 Å². The van der Waals surface area contributed by atoms with E-state index in [2.05, 4.69) is 10.3 Å². The van der Waals surface area contributed by atoms with Gasteiger partial charge in [-0.15, -0.1) is 0 Å². The Morgan fingerprint density at radius 3 is 2.64 bits per heavy atom. The maximum Gasteiger partial charge on any atom is 0.357 e. The second-order valence-electron chi connectivity index (χ2n) is 5.48. The summed E-state index contributed by atoms with van der Waals surface area (Å²) in [6, 6.07) is 3.35. The summed E-state index contributed by atoms with van der Waals surface area (Å²) in [5, 5.41) is 2.71. The lowest BCUT2D eigenvalue weighted by molar-refractivity contribution is -0.117. The number of methoxy groups -OCH3 is 1. The van der Waals surface area contributed by atoms with Crippen molar-refractivity contribution in [2.45, 2.75) is 25.7 Å². The van der Waals surface area contributed by atoms with Crippen molar-refractivity contribution in [2.24, 2.45) is 5.92 Å². The molecule has 6 nitrogen and oxygen atoms in total. The minimum atomic E-state index is -0.585. The van der Waals surface area contributed by atoms with Crippen molar-refractivity contribution >= 4 is 29.1 Å². The molecule has 0 bridgehead atoms. The van der Waals surface area contributed by atoms with E-state index in [4.69, 9.17) is 4.74 Å². The highest BCUT2D eigenvalue weighted by Crippen LogP contribution is 2.31. The molecule has 2 aliphatic carbocycles. The molecule has 1 heterocycles. The van der Waals surface area contributed by atoms with Crippen molar-refractivity contribution in [3.63, 3.8) is 0 Å². The molecule has 1 fully saturated rings. The van der Waals surface area contributed by atoms with Crippen LogP contribution in [0, 0.1) is 5.92 Å². The molecule has 0 unspecified atom stereocenters. The molecule has 1 aromatic rings. The van der Waals surface area contributed by atoms with E-state index in [0.717, 1.165) is 18.4 Å². The number of pyridine rings is 1. The van der Waals surface area contributed by atoms with Gasteiger partial charge in [-0.05, 0) is 43.0 Å². The molecule has 2 aliphatic rings. The predicted molar refractivity (Wildman–Crippen MR) is 79.1 cm³/mol. The number of nitrogens with zero attached hydrogens (tertiary/aromatic N) is 1. The van der Waals surface area contributed by atoms with Crippen molar-refractivity contribution < 1.29 is 19.1 Å². The number of esters is 1. The van der Waals surface area contributed by atoms with E-state index in [1.807, 2.05) is 0 Å². The largest absolute Gasteiger partial charge is 0.464 e. The van der Waals surface area contributed by atoms with Crippen LogP contribution in [0.2, 0.25) is 0 Å². The molecule has 1 aromatic heterocycles. The zero-order valence-corrected chi connectivity index (χ0v) is 12.2. The molecule has 3 rings (SSSR count). The molecule has 0 spiro atoms. The zero-order chi connectivity index (χ0) is 15.7. The average Bonchev–Trinajstić information content (AvgIpc) is 3.28. The molecule has 0 radical (unpaired) electrons. The normalized spacial score (nSPS) is 17.1. The number of amides is 1. The van der Waals surface area contributed by atoms with Crippen molar-refractivity contribution in [1.82, 2.24) is 4.98 Å². The summed E-state index contributed by atoms with van der Waals surface area (Å²) in [4.78, 5) is 39.3. The Morgan fingerprint density at radius 2 is 2.05 bits per heavy atom. The molecule has 0 atom stereocenters. The molecule has 0 aliphatic heterocycles. The van der Waals surface area contributed by atoms with E-state index in [0.29, 0.717) is 24.2 Å². The first-order chi connectivity index (χ1) is 10.6. The summed E-state index contributed by atoms with van der Waals surface area (Å²) in [6.07, 6.45) is 4.34. The van der Waals surface area contributed by atoms with Crippen LogP contribution in [0.4, 0.5) is 5.82 Å². The minimum Gasteiger partial charge on any atom is -0.464 e. The van der Waals surface area contributed by atoms with Gasteiger partial charge in [0, 0.05) is 17.9 Å². The number of aromatic nitrogens is 1. The number of hydrogen-bond acceptors (Lipinski definition) is 5. The molecule has 0 saturated heterocycles. The predicted octanol–water partition coefficient (Wildman–Crippen LogP) is 1.96. The standard InChI is InChI=1S/C16H16N2O4/c1-22-16(21)14-12(10-4-5-11(19)8-10)6-7-13(17-14)18-15(20)9-2-3-9/h6-9H,2-5H2,1H3,(H,17,18,20). The van der Waals surface area contributed by atoms with E-state index < -0.39 is 5.97 Å². The first kappa shape index (κ1) is 14.4. The molecule has 114 valence electrons. The second-order valence-corrected chi connectivity index (χ2v) is 5.48. The van der Waals surface area contributed by atoms with Crippen molar-refractivity contribution in [2.75, 3.05) is 12.4 Å². The number of carbonyl (C=O) groups excluding carboxylic acids is 3. The molecule has 1 amide bonds. The van der Waals surface area contributed by atoms with Crippen LogP contribution in [0.25, 0.3) is 5.57 Å². The summed E-state index contributed by atoms with van der Waals surface area (Å²) < 4.78 is 4.76. The van der Waals surface area contributed by atoms with Gasteiger partial charge in [0.2, 0.25) is 5.91 Å². The number of anilines is 1. The van der Waals surface area contributed by atoms with Crippen LogP contribution < -0.4 is 5.32 Å². The average molecular weight is 300 g/mol. The van der Waals surface area contributed by atoms with Crippen molar-refractivity contribution in [3.05, 3.63) is 29.5 Å². The Balaban J connectivity index is 1.92. The number of ketones is 1. The van der Waals surface area contributed by atoms with Crippen LogP contribution in [0.3, 0.4) is 0 Å². The maximum atomic E-state index is 11.9. The van der Waals surface area contributed by atoms with Crippen LogP contribution in [-0.4, -0.2) is 29.8 Å². The summed E-state index contributed by atoms with van der Waals surface area (Å²) in [6.45, 7) is 0. The van der Waals surface area contributed by atoms with Gasteiger partial charge in [0.25, 0.3) is 0 Å². The van der Waals surface area contributed by atoms with Gasteiger partial charge in [-0.1, -0.05) is 0 Å². The van der Waals surface area contributed by atoms with E-state index in [9.17, 15) is 14.4 Å². The summed E-state index contributed by atoms with van der Waals surface area (Å²) in [5.41, 5.74) is 1.48. The first-order valence-electron chi connectivity index (χ1n) is 7.22. The highest BCUT2D eigenvalue weighted by molar-refractivity contribution is 6.04. The third kappa shape index (κ3) is 2.90. The van der Waals surface area contributed by atoms with Gasteiger partial charge in [-0.3, -0.25) is 9.59 Å². The smallest absolute Gasteiger partial charge is 0.357 e. The minimum absolute atomic E-state index is 0.0388. The maximum absolute atomic E-state index is 11.9. The van der Waals surface area contributed by atoms with Crippen molar-refractivity contribution in [1.29, 1.82) is 0 Å². The molecular formula is C16H16N2O4. The van der Waals surface area contributed by atoms with Gasteiger partial charge in [-0.2, -0.15) is 0 Å². The number of carbonyl (C=O) groups is 3. The van der Waals surface area contributed by atoms with Gasteiger partial charge in [0.05, 0.1) is 7.11 Å². The second kappa shape index (κ2) is 5.71. The van der Waals surface area contributed by atoms with E-state index in [1.165, 1.54) is 13.2 Å². The van der Waals surface area contributed by atoms with Crippen LogP contribution in [-0.2, 0) is 14.3 Å². The first-order valence-corrected chi connectivity index (χ1v) is 7.22. The Labute approximate surface area is 127 Å². The van der Waals surface area contributed by atoms with Gasteiger partial charge >= 0.3 is 5.97 Å². The fraction of sp³-hybridized carbons (Fsp3) is 0.375. The lowest BCUT2D eigenvalue weighted by Crippen LogP contribution is -2.16. The van der Waals surface area contributed by atoms with Crippen LogP contribution in [0.15, 0.2) is 18.2 Å². The van der Waals surface area contributed by atoms with Crippen LogP contribution in [0.5, 0.6) is 0 Å². The highest BCUT2D eigenvalue weighted by Gasteiger charge is 2.30. The van der Waals surface area contributed by atoms with Gasteiger partial charge < -0.3 is 10.1 Å². The zero-order valence-electron chi connectivity index (χ0n) is 12.2. The van der Waals surface area contributed by atoms with Crippen LogP contribution >= 0.6 is 0 Å². The third-order valence-corrected chi connectivity index (χ3v) is 3.80. The molecular weight excluding hydrogens is 284 g/mol. The Hall–Kier alpha value is -2.50. The van der Waals surface area contributed by atoms with E-state index >= 15 is 0 Å². The number of allylic oxidation sites excluding steroid dienone is 2. The van der Waals surface area contributed by atoms with Gasteiger partial charge in [-0.25, -0.2) is 9.78 Å². The number of hydrogen-bond donors (Lipinski definition) is 1. The molecule has 1 saturated carbocycles. The summed E-state index contributed by atoms with van der Waals surface area (Å²) >= 11 is 0.